The molecule has 28 rings (SSSR count). The summed E-state index contributed by atoms with van der Waals surface area (Å²) in [7, 11) is 0. The minimum absolute atomic E-state index is 0.0331. The van der Waals surface area contributed by atoms with Gasteiger partial charge in [0.2, 0.25) is 0 Å². The molecule has 24 aliphatic rings. The van der Waals surface area contributed by atoms with Crippen molar-refractivity contribution in [3.8, 4) is 34.5 Å². The molecule has 0 aliphatic heterocycles. The molecule has 24 saturated carbocycles. The Labute approximate surface area is 537 Å². The summed E-state index contributed by atoms with van der Waals surface area (Å²) in [4.78, 5) is 0. The van der Waals surface area contributed by atoms with E-state index in [-0.39, 0.29) is 22.3 Å². The minimum atomic E-state index is -0.423. The maximum Gasteiger partial charge on any atom is 0.138 e. The van der Waals surface area contributed by atoms with Crippen LogP contribution in [0.15, 0.2) is 84.9 Å². The van der Waals surface area contributed by atoms with E-state index in [0.29, 0.717) is 50.5 Å². The molecule has 14 atom stereocenters. The van der Waals surface area contributed by atoms with Crippen molar-refractivity contribution in [2.24, 2.45) is 163 Å². The van der Waals surface area contributed by atoms with Crippen LogP contribution in [0.1, 0.15) is 210 Å². The van der Waals surface area contributed by atoms with Gasteiger partial charge in [0.05, 0.1) is 11.4 Å². The molecule has 14 unspecified atom stereocenters. The zero-order chi connectivity index (χ0) is 59.2. The average molecular weight is 1210 g/mol. The number of para-hydroxylation sites is 2. The smallest absolute Gasteiger partial charge is 0.138 e. The van der Waals surface area contributed by atoms with Crippen molar-refractivity contribution in [2.75, 3.05) is 11.5 Å². The van der Waals surface area contributed by atoms with Crippen molar-refractivity contribution in [1.29, 1.82) is 0 Å². The Hall–Kier alpha value is -4.32. The van der Waals surface area contributed by atoms with Crippen molar-refractivity contribution >= 4 is 11.4 Å². The Morgan fingerprint density at radius 1 is 0.333 bits per heavy atom. The molecule has 0 heterocycles. The Morgan fingerprint density at radius 3 is 1.08 bits per heavy atom. The second-order valence-corrected chi connectivity index (χ2v) is 38.5. The van der Waals surface area contributed by atoms with Gasteiger partial charge < -0.3 is 31.2 Å². The molecule has 0 aromatic heterocycles. The lowest BCUT2D eigenvalue weighted by Gasteiger charge is -2.83. The van der Waals surface area contributed by atoms with E-state index in [9.17, 15) is 10.2 Å². The summed E-state index contributed by atoms with van der Waals surface area (Å²) in [5, 5.41) is 21.7. The summed E-state index contributed by atoms with van der Waals surface area (Å²) >= 11 is 0. The number of anilines is 2. The van der Waals surface area contributed by atoms with Gasteiger partial charge in [-0.3, -0.25) is 0 Å². The molecule has 6 nitrogen and oxygen atoms in total. The molecule has 0 radical (unpaired) electrons. The number of hydrogen-bond donors (Lipinski definition) is 4. The molecule has 24 bridgehead atoms. The molecule has 474 valence electrons. The highest BCUT2D eigenvalue weighted by atomic mass is 16.5. The number of phenols is 2. The van der Waals surface area contributed by atoms with E-state index < -0.39 is 5.41 Å². The average Bonchev–Trinajstić information content (AvgIpc) is 0.758. The van der Waals surface area contributed by atoms with Gasteiger partial charge in [-0.15, -0.1) is 0 Å². The maximum absolute atomic E-state index is 10.9. The molecular formula is C84H104N2O4. The Kier molecular flexibility index (Phi) is 10.9. The molecule has 6 heteroatoms. The highest BCUT2D eigenvalue weighted by Gasteiger charge is 2.83. The molecule has 4 aromatic carbocycles. The van der Waals surface area contributed by atoms with Gasteiger partial charge in [-0.05, 0) is 398 Å². The van der Waals surface area contributed by atoms with E-state index in [0.717, 1.165) is 136 Å². The summed E-state index contributed by atoms with van der Waals surface area (Å²) in [6.07, 6.45) is 47.7. The lowest BCUT2D eigenvalue weighted by atomic mass is 9.20. The minimum Gasteiger partial charge on any atom is -0.506 e. The zero-order valence-corrected chi connectivity index (χ0v) is 54.1. The van der Waals surface area contributed by atoms with Gasteiger partial charge in [0, 0.05) is 28.7 Å². The first-order valence-corrected chi connectivity index (χ1v) is 38.5. The fraction of sp³-hybridized carbons (Fsp3) is 0.714. The highest BCUT2D eigenvalue weighted by molar-refractivity contribution is 5.62. The maximum atomic E-state index is 10.9. The van der Waals surface area contributed by atoms with E-state index in [1.807, 2.05) is 24.3 Å². The predicted octanol–water partition coefficient (Wildman–Crippen LogP) is 19.9. The number of ether oxygens (including phenoxy) is 2. The van der Waals surface area contributed by atoms with Crippen LogP contribution >= 0.6 is 0 Å². The van der Waals surface area contributed by atoms with Crippen molar-refractivity contribution in [1.82, 2.24) is 0 Å². The molecule has 4 aromatic rings. The monoisotopic (exact) mass is 1200 g/mol. The van der Waals surface area contributed by atoms with E-state index in [4.69, 9.17) is 20.9 Å². The molecule has 0 saturated heterocycles. The molecule has 0 amide bonds. The lowest BCUT2D eigenvalue weighted by Crippen LogP contribution is -2.77. The summed E-state index contributed by atoms with van der Waals surface area (Å²) < 4.78 is 15.0. The number of aromatic hydroxyl groups is 2. The van der Waals surface area contributed by atoms with Crippen molar-refractivity contribution < 1.29 is 19.7 Å². The number of nitrogen functional groups attached to an aromatic ring is 2. The van der Waals surface area contributed by atoms with Gasteiger partial charge in [0.1, 0.15) is 34.5 Å². The first-order chi connectivity index (χ1) is 43.8. The second kappa shape index (κ2) is 18.2. The van der Waals surface area contributed by atoms with Crippen molar-refractivity contribution in [2.45, 2.75) is 204 Å². The topological polar surface area (TPSA) is 111 Å². The van der Waals surface area contributed by atoms with E-state index >= 15 is 0 Å². The van der Waals surface area contributed by atoms with Gasteiger partial charge in [-0.1, -0.05) is 36.4 Å². The van der Waals surface area contributed by atoms with Crippen LogP contribution in [-0.2, 0) is 5.41 Å². The van der Waals surface area contributed by atoms with Gasteiger partial charge in [-0.2, -0.15) is 0 Å². The Balaban J connectivity index is 0.778. The standard InChI is InChI=1S/C84H104N2O4/c85-68-31-64(9-11-70(68)87)89-72-7-3-1-5-66(72)84(67-6-2-4-8-73(67)90-65-10-12-71(88)69(86)32-65)63-29-57-20-58(30-63)45-83(84,44-57)82-42-55-19-56(43-82)28-62(27-55)77(82)81-40-53-18-54(41-81)26-61(25-53)76(81)80-38-51-17-52(39-80)24-60(23-51)75(80)79-36-49-16-50(37-79)22-59(21-49)74(79)78-33-46-13-47(34-78)15-48(14-46)35-78/h1-12,31-32,46-63,74-77,87-88H,13-30,33-45,85-86H2. The van der Waals surface area contributed by atoms with Crippen LogP contribution < -0.4 is 20.9 Å². The fourth-order valence-electron chi connectivity index (χ4n) is 36.3. The number of rotatable bonds is 11. The third kappa shape index (κ3) is 6.86. The third-order valence-electron chi connectivity index (χ3n) is 34.6. The largest absolute Gasteiger partial charge is 0.506 e. The van der Waals surface area contributed by atoms with E-state index in [1.165, 1.54) is 81.8 Å². The molecule has 90 heavy (non-hydrogen) atoms. The van der Waals surface area contributed by atoms with Crippen LogP contribution in [0, 0.1) is 163 Å². The summed E-state index contributed by atoms with van der Waals surface area (Å²) in [5.74, 6) is 23.4. The number of phenolic OH excluding ortho intramolecular Hbond substituents is 2. The van der Waals surface area contributed by atoms with Crippen LogP contribution in [0.5, 0.6) is 34.5 Å². The fourth-order valence-corrected chi connectivity index (χ4v) is 36.3. The summed E-state index contributed by atoms with van der Waals surface area (Å²) in [6, 6.07) is 30.0. The quantitative estimate of drug-likeness (QED) is 0.0880. The van der Waals surface area contributed by atoms with E-state index in [1.54, 1.807) is 141 Å². The first-order valence-electron chi connectivity index (χ1n) is 38.5. The van der Waals surface area contributed by atoms with Gasteiger partial charge in [-0.25, -0.2) is 0 Å². The van der Waals surface area contributed by atoms with Crippen LogP contribution in [0.2, 0.25) is 0 Å². The number of hydrogen-bond acceptors (Lipinski definition) is 6. The molecule has 0 spiro atoms. The normalized spacial score (nSPS) is 52.0. The zero-order valence-electron chi connectivity index (χ0n) is 54.1. The number of benzene rings is 4. The molecule has 24 aliphatic carbocycles. The van der Waals surface area contributed by atoms with Gasteiger partial charge in [0.15, 0.2) is 0 Å². The number of nitrogens with two attached hydrogens (primary N) is 2. The van der Waals surface area contributed by atoms with Crippen LogP contribution in [0.4, 0.5) is 11.4 Å². The van der Waals surface area contributed by atoms with E-state index in [2.05, 4.69) is 48.5 Å². The van der Waals surface area contributed by atoms with Crippen molar-refractivity contribution in [3.05, 3.63) is 96.1 Å². The predicted molar refractivity (Wildman–Crippen MR) is 353 cm³/mol. The van der Waals surface area contributed by atoms with Crippen molar-refractivity contribution in [3.63, 3.8) is 0 Å². The lowest BCUT2D eigenvalue weighted by molar-refractivity contribution is -0.342. The van der Waals surface area contributed by atoms with Gasteiger partial charge in [0.25, 0.3) is 0 Å². The summed E-state index contributed by atoms with van der Waals surface area (Å²) in [6.45, 7) is 0. The van der Waals surface area contributed by atoms with Gasteiger partial charge >= 0.3 is 0 Å². The first kappa shape index (κ1) is 54.0. The SMILES string of the molecule is Nc1cc(Oc2ccccc2C2(c3ccccc3Oc3ccc(O)c(N)c3)C3CC4CC(C3)CC2(C23CC5CC(CC(C5)C2C25CC6CC(CC(C6)C2C26CC7CC(CC(C7)C2C27CC8CC(CC(C8)C2C28CC9CC(CC(C9)C2)C8)C7)C6)C5)C3)C4)ccc1O. The third-order valence-corrected chi connectivity index (χ3v) is 34.6. The van der Waals surface area contributed by atoms with Crippen LogP contribution in [0.25, 0.3) is 0 Å². The highest BCUT2D eigenvalue weighted by Crippen LogP contribution is 2.90. The molecule has 24 fully saturated rings. The summed E-state index contributed by atoms with van der Waals surface area (Å²) in [5.41, 5.74) is 18.5. The molecule has 6 N–H and O–H groups in total. The Morgan fingerprint density at radius 2 is 0.667 bits per heavy atom. The Bertz CT molecular complexity index is 3430. The second-order valence-electron chi connectivity index (χ2n) is 38.5. The van der Waals surface area contributed by atoms with Crippen LogP contribution in [0.3, 0.4) is 0 Å². The van der Waals surface area contributed by atoms with Crippen LogP contribution in [-0.4, -0.2) is 10.2 Å². The molecular weight excluding hydrogens is 1100 g/mol.